The van der Waals surface area contributed by atoms with E-state index in [1.54, 1.807) is 7.05 Å². The average molecular weight is 220 g/mol. The lowest BCUT2D eigenvalue weighted by Gasteiger charge is -2.09. The molecule has 1 amide bonds. The number of carboxylic acid groups (broad SMARTS) is 1. The summed E-state index contributed by atoms with van der Waals surface area (Å²) in [7, 11) is 2.57. The van der Waals surface area contributed by atoms with Crippen molar-refractivity contribution in [3.63, 3.8) is 0 Å². The number of rotatable bonds is 6. The molecule has 0 fully saturated rings. The van der Waals surface area contributed by atoms with Gasteiger partial charge in [0, 0.05) is 20.1 Å². The van der Waals surface area contributed by atoms with Crippen LogP contribution in [-0.4, -0.2) is 48.8 Å². The highest BCUT2D eigenvalue weighted by molar-refractivity contribution is 5.78. The average Bonchev–Trinajstić information content (AvgIpc) is 2.21. The molecule has 4 N–H and O–H groups in total. The van der Waals surface area contributed by atoms with Gasteiger partial charge in [0.1, 0.15) is 6.04 Å². The topological polar surface area (TPSA) is 98.7 Å². The molecule has 1 atom stereocenters. The molecule has 6 nitrogen and oxygen atoms in total. The van der Waals surface area contributed by atoms with Crippen LogP contribution in [0.15, 0.2) is 0 Å². The summed E-state index contributed by atoms with van der Waals surface area (Å²) in [6.07, 6.45) is 0.559. The second kappa shape index (κ2) is 10.9. The summed E-state index contributed by atoms with van der Waals surface area (Å²) in [4.78, 5) is 21.5. The van der Waals surface area contributed by atoms with Crippen LogP contribution in [0.5, 0.6) is 0 Å². The standard InChI is InChI=1S/C8H16N2O3.CH4O/c1-3-10-7(11)5-4-6(9-2)8(12)13;1-2/h6,9H,3-5H2,1-2H3,(H,10,11)(H,12,13);2H,1H3. The lowest BCUT2D eigenvalue weighted by atomic mass is 10.1. The van der Waals surface area contributed by atoms with Crippen LogP contribution in [0.25, 0.3) is 0 Å². The first-order chi connectivity index (χ1) is 7.11. The zero-order chi connectivity index (χ0) is 12.3. The van der Waals surface area contributed by atoms with Crippen molar-refractivity contribution in [2.75, 3.05) is 20.7 Å². The number of carbonyl (C=O) groups is 2. The predicted octanol–water partition coefficient (Wildman–Crippen LogP) is -0.816. The molecule has 6 heteroatoms. The highest BCUT2D eigenvalue weighted by atomic mass is 16.4. The largest absolute Gasteiger partial charge is 0.480 e. The second-order valence-corrected chi connectivity index (χ2v) is 2.67. The van der Waals surface area contributed by atoms with Gasteiger partial charge in [-0.15, -0.1) is 0 Å². The maximum atomic E-state index is 11.0. The van der Waals surface area contributed by atoms with Crippen LogP contribution < -0.4 is 10.6 Å². The number of carboxylic acids is 1. The summed E-state index contributed by atoms with van der Waals surface area (Å²) in [5.74, 6) is -1.03. The number of carbonyl (C=O) groups excluding carboxylic acids is 1. The molecule has 90 valence electrons. The van der Waals surface area contributed by atoms with Gasteiger partial charge in [-0.2, -0.15) is 0 Å². The maximum Gasteiger partial charge on any atom is 0.320 e. The third kappa shape index (κ3) is 9.17. The van der Waals surface area contributed by atoms with E-state index in [4.69, 9.17) is 10.2 Å². The van der Waals surface area contributed by atoms with Crippen molar-refractivity contribution in [1.29, 1.82) is 0 Å². The molecule has 0 rings (SSSR count). The number of amides is 1. The van der Waals surface area contributed by atoms with Crippen molar-refractivity contribution in [3.05, 3.63) is 0 Å². The van der Waals surface area contributed by atoms with Gasteiger partial charge in [-0.25, -0.2) is 0 Å². The molecule has 1 unspecified atom stereocenters. The molecule has 0 aromatic carbocycles. The molecule has 0 saturated heterocycles. The number of aliphatic carboxylic acids is 1. The Kier molecular flexibility index (Phi) is 11.9. The molecule has 0 heterocycles. The Morgan fingerprint density at radius 3 is 2.20 bits per heavy atom. The molecular formula is C9H20N2O4. The van der Waals surface area contributed by atoms with Crippen molar-refractivity contribution in [1.82, 2.24) is 10.6 Å². The van der Waals surface area contributed by atoms with Crippen LogP contribution in [0.4, 0.5) is 0 Å². The molecule has 0 saturated carbocycles. The zero-order valence-electron chi connectivity index (χ0n) is 9.41. The van der Waals surface area contributed by atoms with Crippen molar-refractivity contribution in [2.45, 2.75) is 25.8 Å². The number of likely N-dealkylation sites (N-methyl/N-ethyl adjacent to an activating group) is 1. The smallest absolute Gasteiger partial charge is 0.320 e. The Balaban J connectivity index is 0. The van der Waals surface area contributed by atoms with Crippen molar-refractivity contribution in [2.24, 2.45) is 0 Å². The van der Waals surface area contributed by atoms with Gasteiger partial charge in [-0.3, -0.25) is 9.59 Å². The van der Waals surface area contributed by atoms with Gasteiger partial charge >= 0.3 is 5.97 Å². The van der Waals surface area contributed by atoms with Gasteiger partial charge in [0.25, 0.3) is 0 Å². The summed E-state index contributed by atoms with van der Waals surface area (Å²) >= 11 is 0. The van der Waals surface area contributed by atoms with Crippen LogP contribution in [0.1, 0.15) is 19.8 Å². The van der Waals surface area contributed by atoms with Gasteiger partial charge in [-0.1, -0.05) is 0 Å². The highest BCUT2D eigenvalue weighted by Gasteiger charge is 2.15. The fourth-order valence-electron chi connectivity index (χ4n) is 0.952. The number of hydrogen-bond acceptors (Lipinski definition) is 4. The van der Waals surface area contributed by atoms with E-state index in [2.05, 4.69) is 10.6 Å². The van der Waals surface area contributed by atoms with Crippen LogP contribution in [-0.2, 0) is 9.59 Å². The molecular weight excluding hydrogens is 200 g/mol. The van der Waals surface area contributed by atoms with Gasteiger partial charge < -0.3 is 20.8 Å². The first-order valence-corrected chi connectivity index (χ1v) is 4.73. The highest BCUT2D eigenvalue weighted by Crippen LogP contribution is 1.96. The normalized spacial score (nSPS) is 10.9. The minimum Gasteiger partial charge on any atom is -0.480 e. The van der Waals surface area contributed by atoms with Crippen molar-refractivity contribution in [3.8, 4) is 0 Å². The van der Waals surface area contributed by atoms with E-state index in [0.717, 1.165) is 7.11 Å². The SMILES string of the molecule is CCNC(=O)CCC(NC)C(=O)O.CO. The number of aliphatic hydroxyl groups excluding tert-OH is 1. The Bertz CT molecular complexity index is 185. The summed E-state index contributed by atoms with van der Waals surface area (Å²) in [6.45, 7) is 2.40. The van der Waals surface area contributed by atoms with E-state index in [9.17, 15) is 9.59 Å². The minimum atomic E-state index is -0.924. The summed E-state index contributed by atoms with van der Waals surface area (Å²) < 4.78 is 0. The monoisotopic (exact) mass is 220 g/mol. The predicted molar refractivity (Wildman–Crippen MR) is 56.5 cm³/mol. The van der Waals surface area contributed by atoms with E-state index in [-0.39, 0.29) is 12.3 Å². The van der Waals surface area contributed by atoms with Crippen LogP contribution in [0, 0.1) is 0 Å². The fourth-order valence-corrected chi connectivity index (χ4v) is 0.952. The van der Waals surface area contributed by atoms with E-state index in [0.29, 0.717) is 13.0 Å². The third-order valence-electron chi connectivity index (χ3n) is 1.68. The minimum absolute atomic E-state index is 0.107. The van der Waals surface area contributed by atoms with E-state index < -0.39 is 12.0 Å². The molecule has 15 heavy (non-hydrogen) atoms. The van der Waals surface area contributed by atoms with Gasteiger partial charge in [0.2, 0.25) is 5.91 Å². The zero-order valence-corrected chi connectivity index (χ0v) is 9.41. The van der Waals surface area contributed by atoms with E-state index >= 15 is 0 Å². The van der Waals surface area contributed by atoms with Crippen LogP contribution in [0.3, 0.4) is 0 Å². The molecule has 0 spiro atoms. The summed E-state index contributed by atoms with van der Waals surface area (Å²) in [5.41, 5.74) is 0. The van der Waals surface area contributed by atoms with Gasteiger partial charge in [0.05, 0.1) is 0 Å². The van der Waals surface area contributed by atoms with Gasteiger partial charge in [0.15, 0.2) is 0 Å². The van der Waals surface area contributed by atoms with Crippen molar-refractivity contribution >= 4 is 11.9 Å². The second-order valence-electron chi connectivity index (χ2n) is 2.67. The maximum absolute atomic E-state index is 11.0. The van der Waals surface area contributed by atoms with Crippen LogP contribution >= 0.6 is 0 Å². The molecule has 0 aromatic heterocycles. The molecule has 0 bridgehead atoms. The molecule has 0 aliphatic rings. The Hall–Kier alpha value is -1.14. The molecule has 0 aromatic rings. The quantitative estimate of drug-likeness (QED) is 0.469. The van der Waals surface area contributed by atoms with Crippen LogP contribution in [0.2, 0.25) is 0 Å². The third-order valence-corrected chi connectivity index (χ3v) is 1.68. The number of aliphatic hydroxyl groups is 1. The summed E-state index contributed by atoms with van der Waals surface area (Å²) in [5, 5.41) is 20.8. The first-order valence-electron chi connectivity index (χ1n) is 4.73. The number of hydrogen-bond donors (Lipinski definition) is 4. The lowest BCUT2D eigenvalue weighted by Crippen LogP contribution is -2.35. The first kappa shape index (κ1) is 16.3. The Morgan fingerprint density at radius 2 is 1.87 bits per heavy atom. The molecule has 0 radical (unpaired) electrons. The lowest BCUT2D eigenvalue weighted by molar-refractivity contribution is -0.139. The fraction of sp³-hybridized carbons (Fsp3) is 0.778. The Labute approximate surface area is 89.7 Å². The summed E-state index contributed by atoms with van der Waals surface area (Å²) in [6, 6.07) is -0.636. The Morgan fingerprint density at radius 1 is 1.33 bits per heavy atom. The van der Waals surface area contributed by atoms with Crippen molar-refractivity contribution < 1.29 is 19.8 Å². The van der Waals surface area contributed by atoms with E-state index in [1.807, 2.05) is 6.92 Å². The molecule has 0 aliphatic carbocycles. The van der Waals surface area contributed by atoms with Gasteiger partial charge in [-0.05, 0) is 20.4 Å². The molecule has 0 aliphatic heterocycles. The van der Waals surface area contributed by atoms with E-state index in [1.165, 1.54) is 0 Å². The number of nitrogens with one attached hydrogen (secondary N) is 2.